The number of hydrogen-bond donors (Lipinski definition) is 10. The number of benzene rings is 3. The van der Waals surface area contributed by atoms with E-state index >= 15 is 0 Å². The van der Waals surface area contributed by atoms with Crippen LogP contribution in [0, 0.1) is 29.6 Å². The molecule has 1 aromatic heterocycles. The fraction of sp³-hybridized carbons (Fsp3) is 0.582. The van der Waals surface area contributed by atoms with E-state index in [2.05, 4.69) is 43.8 Å². The fourth-order valence-electron chi connectivity index (χ4n) is 11.6. The van der Waals surface area contributed by atoms with Gasteiger partial charge < -0.3 is 41.7 Å². The van der Waals surface area contributed by atoms with E-state index in [9.17, 15) is 57.8 Å². The molecule has 1 heterocycles. The van der Waals surface area contributed by atoms with Crippen molar-refractivity contribution in [3.63, 3.8) is 0 Å². The number of aliphatic hydroxyl groups excluding tert-OH is 1. The van der Waals surface area contributed by atoms with Gasteiger partial charge in [-0.1, -0.05) is 146 Å². The third-order valence-electron chi connectivity index (χ3n) is 18.9. The number of aromatic amines is 1. The van der Waals surface area contributed by atoms with Crippen molar-refractivity contribution in [1.29, 1.82) is 0 Å². The summed E-state index contributed by atoms with van der Waals surface area (Å²) >= 11 is 0. The standard InChI is InChI=1S/C47H77N5O7.C24H26N2O4.C5H11NO.C3H6O/c1-9-38(30-36-25-22-26-36)44(58)51-47(8,35(6)55)28-21-16-14-12-10-11-13-15-20-27-46(7,34(5)54)50-39(29-32(2)3)42(56)43(57)41(33(4)53)49-45(59)40(52-48)31-37-23-18-17-19-24-37;1-15(27)18(12-19-14-26-21-6-4-3-5-20(19)21)13-23(28)22(25-2)11-16-7-9-17(10-8-16)24(29)30;1-3-4(2)5(6)7;1-3(2)4/h12,14,17-19,23-24,32-33,36,38-41,50,52-53H,9-11,13,15-16,20-22,25-31,48H2,1-8H3,(H,49,59)(H,51,58);3-10,14,18,22,25-26H,11-13H2,1-2H3,(H,29,30);4H,3H2,1-2H3,(H2,6,7);1-2H3/b14-12+;;;/t33-,38+,39+,40+,41+,46-,47+;18-,22+;4-;/m110./s1. The molecule has 1 aliphatic carbocycles. The Kier molecular flexibility index (Phi) is 40.6. The number of carbonyl (C=O) groups is 11. The van der Waals surface area contributed by atoms with Crippen LogP contribution in [0.2, 0.25) is 0 Å². The maximum absolute atomic E-state index is 13.8. The Bertz CT molecular complexity index is 3260. The highest BCUT2D eigenvalue weighted by Gasteiger charge is 2.41. The second-order valence-electron chi connectivity index (χ2n) is 28.1. The molecule has 21 heteroatoms. The average Bonchev–Trinajstić information content (AvgIpc) is 1.77. The predicted molar refractivity (Wildman–Crippen MR) is 395 cm³/mol. The zero-order valence-electron chi connectivity index (χ0n) is 62.2. The Morgan fingerprint density at radius 3 is 1.72 bits per heavy atom. The number of aromatic carboxylic acids is 1. The van der Waals surface area contributed by atoms with Gasteiger partial charge in [0.2, 0.25) is 29.3 Å². The molecule has 10 atom stereocenters. The van der Waals surface area contributed by atoms with E-state index in [1.165, 1.54) is 66.0 Å². The Labute approximate surface area is 594 Å². The number of nitrogens with two attached hydrogens (primary N) is 2. The van der Waals surface area contributed by atoms with E-state index in [4.69, 9.17) is 16.7 Å². The lowest BCUT2D eigenvalue weighted by Crippen LogP contribution is -2.61. The Hall–Kier alpha value is -7.69. The molecule has 0 spiro atoms. The van der Waals surface area contributed by atoms with Crippen molar-refractivity contribution in [3.8, 4) is 0 Å². The van der Waals surface area contributed by atoms with Gasteiger partial charge in [-0.2, -0.15) is 0 Å². The molecule has 0 aliphatic heterocycles. The van der Waals surface area contributed by atoms with Crippen molar-refractivity contribution in [2.45, 2.75) is 260 Å². The minimum absolute atomic E-state index is 0.00382. The molecule has 4 aromatic rings. The minimum atomic E-state index is -1.50. The number of carboxylic acid groups (broad SMARTS) is 1. The maximum atomic E-state index is 13.8. The van der Waals surface area contributed by atoms with Gasteiger partial charge in [-0.05, 0) is 193 Å². The van der Waals surface area contributed by atoms with Crippen molar-refractivity contribution in [1.82, 2.24) is 31.7 Å². The molecule has 5 rings (SSSR count). The maximum Gasteiger partial charge on any atom is 0.335 e. The van der Waals surface area contributed by atoms with Gasteiger partial charge >= 0.3 is 5.97 Å². The number of carboxylic acids is 1. The predicted octanol–water partition coefficient (Wildman–Crippen LogP) is 10.7. The van der Waals surface area contributed by atoms with E-state index in [1.807, 2.05) is 102 Å². The number of amides is 3. The van der Waals surface area contributed by atoms with Crippen molar-refractivity contribution in [2.75, 3.05) is 7.05 Å². The number of fused-ring (bicyclic) bond motifs is 1. The van der Waals surface area contributed by atoms with Gasteiger partial charge in [0.15, 0.2) is 11.6 Å². The lowest BCUT2D eigenvalue weighted by molar-refractivity contribution is -0.142. The van der Waals surface area contributed by atoms with Gasteiger partial charge in [0, 0.05) is 41.3 Å². The van der Waals surface area contributed by atoms with Gasteiger partial charge in [-0.15, -0.1) is 0 Å². The number of ketones is 7. The molecule has 100 heavy (non-hydrogen) atoms. The Balaban J connectivity index is 0.000000679. The average molecular weight is 1390 g/mol. The van der Waals surface area contributed by atoms with Crippen LogP contribution in [0.4, 0.5) is 0 Å². The van der Waals surface area contributed by atoms with Crippen LogP contribution in [0.1, 0.15) is 226 Å². The van der Waals surface area contributed by atoms with Gasteiger partial charge in [-0.25, -0.2) is 10.2 Å². The first-order valence-electron chi connectivity index (χ1n) is 35.8. The van der Waals surface area contributed by atoms with E-state index in [0.717, 1.165) is 91.8 Å². The summed E-state index contributed by atoms with van der Waals surface area (Å²) in [6, 6.07) is 19.8. The quantitative estimate of drug-likeness (QED) is 0.00647. The highest BCUT2D eigenvalue weighted by Crippen LogP contribution is 2.34. The molecule has 21 nitrogen and oxygen atoms in total. The zero-order valence-corrected chi connectivity index (χ0v) is 62.2. The summed E-state index contributed by atoms with van der Waals surface area (Å²) in [5.74, 6) is 2.34. The third kappa shape index (κ3) is 31.9. The van der Waals surface area contributed by atoms with E-state index in [-0.39, 0.29) is 89.2 Å². The molecule has 1 fully saturated rings. The molecule has 12 N–H and O–H groups in total. The number of hydrogen-bond acceptors (Lipinski definition) is 16. The van der Waals surface area contributed by atoms with Crippen LogP contribution in [0.15, 0.2) is 97.2 Å². The molecule has 554 valence electrons. The van der Waals surface area contributed by atoms with E-state index in [0.29, 0.717) is 31.6 Å². The Morgan fingerprint density at radius 1 is 0.660 bits per heavy atom. The summed E-state index contributed by atoms with van der Waals surface area (Å²) in [6.07, 6.45) is 19.8. The zero-order chi connectivity index (χ0) is 75.3. The summed E-state index contributed by atoms with van der Waals surface area (Å²) in [7, 11) is 1.72. The number of allylic oxidation sites excluding steroid dienone is 2. The summed E-state index contributed by atoms with van der Waals surface area (Å²) < 4.78 is 0. The van der Waals surface area contributed by atoms with Crippen molar-refractivity contribution < 1.29 is 63.0 Å². The number of carbonyl (C=O) groups excluding carboxylic acids is 10. The van der Waals surface area contributed by atoms with Crippen molar-refractivity contribution >= 4 is 75.1 Å². The number of primary amides is 1. The molecule has 0 saturated heterocycles. The van der Waals surface area contributed by atoms with Crippen LogP contribution >= 0.6 is 0 Å². The van der Waals surface area contributed by atoms with E-state index < -0.39 is 64.8 Å². The SMILES string of the molecule is CC(C)=O.CC[C@@H](CC1CCC1)C(=O)N[C@@](C)(CCC/C=C/CCCCCC[C@@](C)(N[C@@H](CC(C)C)C(=O)C(=O)[C@@H](NC(=O)[C@H](Cc1ccccc1)NN)[C@@H](C)O)C(C)=O)C(C)=O.CC[C@H](C)C(N)=O.CN[C@@H](Cc1ccc(C(=O)O)cc1)C(=O)C[C@@H](Cc1c[nH]c2ccccc12)C(C)=O. The third-order valence-corrected chi connectivity index (χ3v) is 18.9. The molecule has 1 aliphatic rings. The lowest BCUT2D eigenvalue weighted by atomic mass is 9.78. The van der Waals surface area contributed by atoms with Gasteiger partial charge in [-0.3, -0.25) is 54.3 Å². The summed E-state index contributed by atoms with van der Waals surface area (Å²) in [5.41, 5.74) is 9.40. The minimum Gasteiger partial charge on any atom is -0.478 e. The van der Waals surface area contributed by atoms with Crippen LogP contribution in [0.25, 0.3) is 10.9 Å². The second kappa shape index (κ2) is 45.9. The van der Waals surface area contributed by atoms with Crippen LogP contribution < -0.4 is 38.3 Å². The number of rotatable bonds is 43. The first-order chi connectivity index (χ1) is 47.2. The van der Waals surface area contributed by atoms with Crippen LogP contribution in [0.5, 0.6) is 0 Å². The molecule has 3 aromatic carbocycles. The number of unbranched alkanes of at least 4 members (excludes halogenated alkanes) is 5. The van der Waals surface area contributed by atoms with Gasteiger partial charge in [0.1, 0.15) is 29.4 Å². The van der Waals surface area contributed by atoms with Crippen LogP contribution in [-0.2, 0) is 67.2 Å². The second-order valence-corrected chi connectivity index (χ2v) is 28.1. The first-order valence-corrected chi connectivity index (χ1v) is 35.8. The molecule has 1 saturated carbocycles. The molecular formula is C79H120N8O13. The molecule has 3 amide bonds. The van der Waals surface area contributed by atoms with Gasteiger partial charge in [0.25, 0.3) is 0 Å². The molecular weight excluding hydrogens is 1270 g/mol. The summed E-state index contributed by atoms with van der Waals surface area (Å²) in [4.78, 5) is 138. The summed E-state index contributed by atoms with van der Waals surface area (Å²) in [5, 5.41) is 32.5. The molecule has 0 unspecified atom stereocenters. The van der Waals surface area contributed by atoms with Crippen LogP contribution in [-0.4, -0.2) is 128 Å². The molecule has 0 bridgehead atoms. The smallest absolute Gasteiger partial charge is 0.335 e. The number of likely N-dealkylation sites (N-methyl/N-ethyl adjacent to an activating group) is 1. The number of nitrogens with one attached hydrogen (secondary N) is 6. The van der Waals surface area contributed by atoms with Crippen LogP contribution in [0.3, 0.4) is 0 Å². The number of H-pyrrole nitrogens is 1. The van der Waals surface area contributed by atoms with E-state index in [1.54, 1.807) is 33.0 Å². The van der Waals surface area contributed by atoms with Gasteiger partial charge in [0.05, 0.1) is 34.8 Å². The monoisotopic (exact) mass is 1390 g/mol. The highest BCUT2D eigenvalue weighted by atomic mass is 16.4. The fourth-order valence-corrected chi connectivity index (χ4v) is 11.6. The normalized spacial score (nSPS) is 15.7. The largest absolute Gasteiger partial charge is 0.478 e. The number of Topliss-reactive ketones (excluding diaryl/α,β-unsaturated/α-hetero) is 7. The number of para-hydroxylation sites is 1. The lowest BCUT2D eigenvalue weighted by Gasteiger charge is -2.34. The molecule has 0 radical (unpaired) electrons. The topological polar surface area (TPSA) is 356 Å². The summed E-state index contributed by atoms with van der Waals surface area (Å²) in [6.45, 7) is 22.2. The Morgan fingerprint density at radius 2 is 1.22 bits per heavy atom. The number of aromatic nitrogens is 1. The number of aliphatic hydroxyl groups is 1. The highest BCUT2D eigenvalue weighted by molar-refractivity contribution is 6.41. The van der Waals surface area contributed by atoms with Crippen molar-refractivity contribution in [2.24, 2.45) is 41.2 Å². The number of hydrazine groups is 1. The van der Waals surface area contributed by atoms with Crippen molar-refractivity contribution in [3.05, 3.63) is 119 Å². The first kappa shape index (κ1) is 88.4.